The third kappa shape index (κ3) is 2.01. The van der Waals surface area contributed by atoms with Crippen LogP contribution in [0.25, 0.3) is 0 Å². The summed E-state index contributed by atoms with van der Waals surface area (Å²) >= 11 is 5.68. The first-order valence-electron chi connectivity index (χ1n) is 13.3. The molecule has 0 aliphatic heterocycles. The van der Waals surface area contributed by atoms with Crippen LogP contribution in [0.2, 0.25) is 5.02 Å². The summed E-state index contributed by atoms with van der Waals surface area (Å²) in [6.07, 6.45) is 0.928. The van der Waals surface area contributed by atoms with Crippen LogP contribution >= 0.6 is 11.6 Å². The van der Waals surface area contributed by atoms with Crippen molar-refractivity contribution in [1.29, 1.82) is 0 Å². The van der Waals surface area contributed by atoms with Crippen LogP contribution in [-0.2, 0) is 6.42 Å². The molecule has 0 amide bonds. The van der Waals surface area contributed by atoms with Crippen molar-refractivity contribution in [3.63, 3.8) is 0 Å². The highest BCUT2D eigenvalue weighted by molar-refractivity contribution is 6.30. The lowest BCUT2D eigenvalue weighted by atomic mass is 10.2. The van der Waals surface area contributed by atoms with Gasteiger partial charge in [-0.3, -0.25) is 0 Å². The number of hydrogen-bond acceptors (Lipinski definition) is 1. The average Bonchev–Trinajstić information content (AvgIpc) is 2.93. The van der Waals surface area contributed by atoms with Gasteiger partial charge in [0.25, 0.3) is 0 Å². The fraction of sp³-hybridized carbons (Fsp3) is 0.250. The second-order valence-electron chi connectivity index (χ2n) is 2.17. The smallest absolute Gasteiger partial charge is 0.0406 e. The maximum absolute atomic E-state index is 5.68. The molecule has 0 atom stereocenters. The molecule has 1 nitrogen and oxygen atoms in total. The van der Waals surface area contributed by atoms with Crippen molar-refractivity contribution in [1.82, 2.24) is 0 Å². The van der Waals surface area contributed by atoms with Crippen molar-refractivity contribution in [2.24, 2.45) is 5.73 Å². The highest BCUT2D eigenvalue weighted by Gasteiger charge is 1.89. The molecule has 1 rings (SSSR count). The molecule has 0 spiro atoms. The minimum atomic E-state index is 0.696. The van der Waals surface area contributed by atoms with E-state index in [9.17, 15) is 0 Å². The Kier molecular flexibility index (Phi) is 0.644. The van der Waals surface area contributed by atoms with Gasteiger partial charge < -0.3 is 5.73 Å². The molecule has 0 saturated heterocycles. The molecule has 0 aliphatic carbocycles. The molecule has 1 aromatic carbocycles. The van der Waals surface area contributed by atoms with Gasteiger partial charge in [0, 0.05) is 34.7 Å². The van der Waals surface area contributed by atoms with Crippen molar-refractivity contribution in [3.05, 3.63) is 34.9 Å². The molecule has 0 fully saturated rings. The minimum absolute atomic E-state index is 0.696. The van der Waals surface area contributed by atoms with Crippen LogP contribution in [0.4, 0.5) is 0 Å². The van der Waals surface area contributed by atoms with E-state index in [1.165, 1.54) is 5.56 Å². The van der Waals surface area contributed by atoms with Crippen LogP contribution in [0, 0.1) is 0 Å². The quantitative estimate of drug-likeness (QED) is 0.749. The first kappa shape index (κ1) is 1.79. The van der Waals surface area contributed by atoms with Crippen LogP contribution in [0.1, 0.15) is 35.3 Å². The van der Waals surface area contributed by atoms with Crippen LogP contribution in [-0.4, -0.2) is 6.54 Å². The standard InChI is InChI=1S/C8H10ClN.10H2/c9-8-3-1-7(2-4-8)5-6-10;;;;;;;;;;/h1-4H,5-6,10H2;10*1H/i;10*1+1D. The molecule has 0 aromatic heterocycles. The monoisotopic (exact) mass is 195 g/mol. The van der Waals surface area contributed by atoms with Crippen molar-refractivity contribution in [2.45, 2.75) is 6.42 Å². The third-order valence-corrected chi connectivity index (χ3v) is 1.60. The zero-order valence-corrected chi connectivity index (χ0v) is 6.43. The summed E-state index contributed by atoms with van der Waals surface area (Å²) in [5, 5.41) is 0.778. The number of benzene rings is 1. The molecule has 10 heavy (non-hydrogen) atoms. The van der Waals surface area contributed by atoms with Gasteiger partial charge in [0.1, 0.15) is 0 Å². The molecule has 74 valence electrons. The molecule has 0 unspecified atom stereocenters. The molecule has 2 N–H and O–H groups in total. The van der Waals surface area contributed by atoms with Gasteiger partial charge in [0.05, 0.1) is 0 Å². The SMILES string of the molecule is NCCc1ccc(Cl)cc1.[2H][2H].[2H][2H].[2H][2H].[2H][2H].[2H][2H].[2H][2H].[2H][2H].[2H][2H].[2H][2H].[2H][2H]. The predicted molar refractivity (Wildman–Crippen MR) is 65.4 cm³/mol. The van der Waals surface area contributed by atoms with Crippen molar-refractivity contribution in [3.8, 4) is 0 Å². The lowest BCUT2D eigenvalue weighted by Crippen LogP contribution is -2.01. The van der Waals surface area contributed by atoms with E-state index in [0.29, 0.717) is 6.54 Å². The second kappa shape index (κ2) is 3.59. The van der Waals surface area contributed by atoms with E-state index < -0.39 is 0 Å². The topological polar surface area (TPSA) is 26.0 Å². The van der Waals surface area contributed by atoms with Gasteiger partial charge in [-0.15, -0.1) is 0 Å². The van der Waals surface area contributed by atoms with Crippen LogP contribution in [0.3, 0.4) is 0 Å². The van der Waals surface area contributed by atoms with Crippen LogP contribution in [0.5, 0.6) is 0 Å². The summed E-state index contributed by atoms with van der Waals surface area (Å²) in [4.78, 5) is 0. The Hall–Kier alpha value is -0.530. The Bertz CT molecular complexity index is 220. The lowest BCUT2D eigenvalue weighted by Gasteiger charge is -1.96. The molecule has 2 heteroatoms. The fourth-order valence-electron chi connectivity index (χ4n) is 0.818. The largest absolute Gasteiger partial charge is 0.330 e. The Balaban J connectivity index is -0.0000000214. The minimum Gasteiger partial charge on any atom is -0.330 e. The number of halogens is 1. The summed E-state index contributed by atoms with van der Waals surface area (Å²) in [5.41, 5.74) is 6.61. The number of nitrogens with two attached hydrogens (primary N) is 1. The Morgan fingerprint density at radius 1 is 1.40 bits per heavy atom. The molecule has 0 heterocycles. The van der Waals surface area contributed by atoms with E-state index in [-0.39, 0.29) is 0 Å². The van der Waals surface area contributed by atoms with Crippen molar-refractivity contribution in [2.75, 3.05) is 6.54 Å². The molecule has 1 aromatic rings. The van der Waals surface area contributed by atoms with E-state index in [2.05, 4.69) is 0 Å². The summed E-state index contributed by atoms with van der Waals surface area (Å²) < 4.78 is 100. The fourth-order valence-corrected chi connectivity index (χ4v) is 0.944. The Morgan fingerprint density at radius 3 is 2.50 bits per heavy atom. The summed E-state index contributed by atoms with van der Waals surface area (Å²) in [5.74, 6) is 0. The summed E-state index contributed by atoms with van der Waals surface area (Å²) in [6.45, 7) is 0.696. The first-order valence-corrected chi connectivity index (χ1v) is 3.65. The van der Waals surface area contributed by atoms with Gasteiger partial charge in [0.2, 0.25) is 0 Å². The molecule has 0 saturated carbocycles. The average molecular weight is 196 g/mol. The zero-order chi connectivity index (χ0) is 27.4. The maximum atomic E-state index is 5.68. The van der Waals surface area contributed by atoms with Crippen LogP contribution < -0.4 is 5.73 Å². The van der Waals surface area contributed by atoms with E-state index in [1.807, 2.05) is 24.3 Å². The predicted octanol–water partition coefficient (Wildman–Crippen LogP) is 4.30. The van der Waals surface area contributed by atoms with Gasteiger partial charge in [0.15, 0.2) is 0 Å². The van der Waals surface area contributed by atoms with E-state index in [1.54, 1.807) is 0 Å². The first-order chi connectivity index (χ1) is 14.8. The van der Waals surface area contributed by atoms with Gasteiger partial charge in [-0.05, 0) is 30.7 Å². The normalized spacial score (nSPS) is 17.8. The van der Waals surface area contributed by atoms with E-state index in [4.69, 9.17) is 47.0 Å². The van der Waals surface area contributed by atoms with Gasteiger partial charge in [-0.25, -0.2) is 0 Å². The zero-order valence-electron chi connectivity index (χ0n) is 25.7. The maximum Gasteiger partial charge on any atom is 0.0406 e. The summed E-state index contributed by atoms with van der Waals surface area (Å²) in [6, 6.07) is 7.75. The van der Waals surface area contributed by atoms with Gasteiger partial charge in [-0.2, -0.15) is 0 Å². The molecule has 0 radical (unpaired) electrons. The second-order valence-corrected chi connectivity index (χ2v) is 2.60. The van der Waals surface area contributed by atoms with E-state index in [0.717, 1.165) is 11.4 Å². The molecule has 0 aliphatic rings. The molecular weight excluding hydrogens is 146 g/mol. The Labute approximate surface area is 96.7 Å². The molecular formula is C8H30ClN. The van der Waals surface area contributed by atoms with Crippen molar-refractivity contribution >= 4 is 11.6 Å². The lowest BCUT2D eigenvalue weighted by molar-refractivity contribution is 0.969. The van der Waals surface area contributed by atoms with Crippen LogP contribution in [0.15, 0.2) is 24.3 Å². The summed E-state index contributed by atoms with van der Waals surface area (Å²) in [7, 11) is 0. The Morgan fingerprint density at radius 2 is 2.00 bits per heavy atom. The van der Waals surface area contributed by atoms with Gasteiger partial charge in [-0.1, -0.05) is 23.7 Å². The highest BCUT2D eigenvalue weighted by atomic mass is 35.5. The van der Waals surface area contributed by atoms with Gasteiger partial charge >= 0.3 is 0 Å². The highest BCUT2D eigenvalue weighted by Crippen LogP contribution is 2.09. The third-order valence-electron chi connectivity index (χ3n) is 1.35. The van der Waals surface area contributed by atoms with E-state index >= 15 is 0 Å². The number of hydrogen-bond donors (Lipinski definition) is 1. The van der Waals surface area contributed by atoms with Crippen molar-refractivity contribution < 1.29 is 29.7 Å². The molecule has 0 bridgehead atoms. The number of rotatable bonds is 2.